The number of para-hydroxylation sites is 2. The Morgan fingerprint density at radius 2 is 1.13 bits per heavy atom. The lowest BCUT2D eigenvalue weighted by Crippen LogP contribution is -2.22. The zero-order valence-corrected chi connectivity index (χ0v) is 35.0. The third kappa shape index (κ3) is 5.77. The molecule has 0 saturated heterocycles. The molecular formula is C60H47NO. The molecule has 2 heteroatoms. The summed E-state index contributed by atoms with van der Waals surface area (Å²) in [6.45, 7) is 2.41. The summed E-state index contributed by atoms with van der Waals surface area (Å²) in [5.74, 6) is 0.577. The molecule has 2 aliphatic rings. The summed E-state index contributed by atoms with van der Waals surface area (Å²) >= 11 is 0. The van der Waals surface area contributed by atoms with Crippen LogP contribution in [0.15, 0.2) is 205 Å². The van der Waals surface area contributed by atoms with Gasteiger partial charge in [0.1, 0.15) is 11.2 Å². The molecule has 0 N–H and O–H groups in total. The Labute approximate surface area is 363 Å². The number of hydrogen-bond donors (Lipinski definition) is 0. The highest BCUT2D eigenvalue weighted by Crippen LogP contribution is 2.57. The standard InChI is InChI=1S/C60H47NO/c1-60(44-21-6-3-7-22-44)52-28-11-8-25-51(52)59-53(60)29-16-31-55(59)61(45-36-33-40(34-37-45)43-35-38-49-48-24-10-13-32-56(48)62-57(49)39-43)54-30-12-9-23-47(54)50-27-15-20-42-19-14-26-46(58(42)50)41-17-4-2-5-18-41/h3,6-16,19-39,41H,2,4-5,17-18H2,1H3. The monoisotopic (exact) mass is 797 g/mol. The molecule has 1 atom stereocenters. The Balaban J connectivity index is 1.08. The van der Waals surface area contributed by atoms with Gasteiger partial charge in [-0.15, -0.1) is 0 Å². The number of benzene rings is 9. The first-order valence-electron chi connectivity index (χ1n) is 22.4. The van der Waals surface area contributed by atoms with Crippen LogP contribution in [0.2, 0.25) is 0 Å². The van der Waals surface area contributed by atoms with Crippen LogP contribution >= 0.6 is 0 Å². The highest BCUT2D eigenvalue weighted by atomic mass is 16.3. The fraction of sp³-hybridized carbons (Fsp3) is 0.133. The van der Waals surface area contributed by atoms with Crippen molar-refractivity contribution < 1.29 is 4.42 Å². The van der Waals surface area contributed by atoms with E-state index in [1.54, 1.807) is 0 Å². The van der Waals surface area contributed by atoms with Crippen LogP contribution in [-0.2, 0) is 5.41 Å². The van der Waals surface area contributed by atoms with Crippen LogP contribution in [0.25, 0.3) is 66.1 Å². The topological polar surface area (TPSA) is 16.4 Å². The second-order valence-corrected chi connectivity index (χ2v) is 17.5. The molecule has 9 aromatic carbocycles. The van der Waals surface area contributed by atoms with E-state index in [0.29, 0.717) is 5.92 Å². The molecule has 0 amide bonds. The highest BCUT2D eigenvalue weighted by molar-refractivity contribution is 6.07. The molecule has 1 heterocycles. The van der Waals surface area contributed by atoms with E-state index in [9.17, 15) is 0 Å². The largest absolute Gasteiger partial charge is 0.456 e. The van der Waals surface area contributed by atoms with Gasteiger partial charge in [-0.05, 0) is 123 Å². The number of nitrogens with zero attached hydrogens (tertiary/aromatic N) is 1. The van der Waals surface area contributed by atoms with Gasteiger partial charge in [0.25, 0.3) is 0 Å². The minimum absolute atomic E-state index is 0.321. The minimum atomic E-state index is -0.321. The molecule has 12 rings (SSSR count). The van der Waals surface area contributed by atoms with Crippen molar-refractivity contribution in [3.05, 3.63) is 222 Å². The van der Waals surface area contributed by atoms with Crippen LogP contribution in [0.1, 0.15) is 67.2 Å². The predicted octanol–water partition coefficient (Wildman–Crippen LogP) is 16.9. The van der Waals surface area contributed by atoms with Gasteiger partial charge in [-0.2, -0.15) is 0 Å². The molecule has 10 aromatic rings. The third-order valence-electron chi connectivity index (χ3n) is 14.2. The van der Waals surface area contributed by atoms with Crippen LogP contribution in [-0.4, -0.2) is 0 Å². The smallest absolute Gasteiger partial charge is 0.136 e. The maximum Gasteiger partial charge on any atom is 0.136 e. The first kappa shape index (κ1) is 36.7. The highest BCUT2D eigenvalue weighted by Gasteiger charge is 2.42. The quantitative estimate of drug-likeness (QED) is 0.160. The van der Waals surface area contributed by atoms with E-state index >= 15 is 0 Å². The van der Waals surface area contributed by atoms with Crippen molar-refractivity contribution >= 4 is 49.8 Å². The van der Waals surface area contributed by atoms with Gasteiger partial charge in [0.05, 0.1) is 11.4 Å². The fourth-order valence-corrected chi connectivity index (χ4v) is 11.2. The molecule has 0 aliphatic heterocycles. The molecule has 0 radical (unpaired) electrons. The molecule has 2 nitrogen and oxygen atoms in total. The molecule has 2 aliphatic carbocycles. The molecular weight excluding hydrogens is 751 g/mol. The summed E-state index contributed by atoms with van der Waals surface area (Å²) < 4.78 is 6.34. The summed E-state index contributed by atoms with van der Waals surface area (Å²) in [6.07, 6.45) is 6.46. The summed E-state index contributed by atoms with van der Waals surface area (Å²) in [5, 5.41) is 5.00. The van der Waals surface area contributed by atoms with Crippen molar-refractivity contribution in [2.75, 3.05) is 4.90 Å². The maximum atomic E-state index is 6.34. The zero-order valence-electron chi connectivity index (χ0n) is 35.0. The number of rotatable bonds is 7. The van der Waals surface area contributed by atoms with Crippen LogP contribution in [0.3, 0.4) is 0 Å². The average Bonchev–Trinajstić information content (AvgIpc) is 3.85. The van der Waals surface area contributed by atoms with Crippen LogP contribution in [0, 0.1) is 0 Å². The maximum absolute atomic E-state index is 6.34. The van der Waals surface area contributed by atoms with Gasteiger partial charge < -0.3 is 9.32 Å². The predicted molar refractivity (Wildman–Crippen MR) is 260 cm³/mol. The Bertz CT molecular complexity index is 3290. The Morgan fingerprint density at radius 3 is 1.98 bits per heavy atom. The Morgan fingerprint density at radius 1 is 0.484 bits per heavy atom. The van der Waals surface area contributed by atoms with Crippen LogP contribution < -0.4 is 4.90 Å². The van der Waals surface area contributed by atoms with Crippen molar-refractivity contribution in [2.45, 2.75) is 50.4 Å². The van der Waals surface area contributed by atoms with Crippen molar-refractivity contribution in [1.82, 2.24) is 0 Å². The van der Waals surface area contributed by atoms with Crippen molar-refractivity contribution in [3.8, 4) is 33.4 Å². The van der Waals surface area contributed by atoms with E-state index in [-0.39, 0.29) is 5.41 Å². The number of furan rings is 1. The van der Waals surface area contributed by atoms with E-state index in [2.05, 4.69) is 200 Å². The van der Waals surface area contributed by atoms with E-state index in [1.807, 2.05) is 12.1 Å². The molecule has 1 aromatic heterocycles. The molecule has 0 bridgehead atoms. The molecule has 62 heavy (non-hydrogen) atoms. The molecule has 298 valence electrons. The molecule has 1 unspecified atom stereocenters. The first-order chi connectivity index (χ1) is 30.6. The van der Waals surface area contributed by atoms with Gasteiger partial charge in [0.2, 0.25) is 0 Å². The second-order valence-electron chi connectivity index (χ2n) is 17.5. The normalized spacial score (nSPS) is 16.1. The van der Waals surface area contributed by atoms with Gasteiger partial charge in [-0.25, -0.2) is 0 Å². The van der Waals surface area contributed by atoms with Gasteiger partial charge in [-0.1, -0.05) is 177 Å². The Kier molecular flexibility index (Phi) is 8.74. The van der Waals surface area contributed by atoms with Crippen LogP contribution in [0.5, 0.6) is 0 Å². The van der Waals surface area contributed by atoms with E-state index in [0.717, 1.165) is 44.4 Å². The van der Waals surface area contributed by atoms with Crippen molar-refractivity contribution in [3.63, 3.8) is 0 Å². The van der Waals surface area contributed by atoms with Crippen molar-refractivity contribution in [1.29, 1.82) is 0 Å². The molecule has 1 fully saturated rings. The second kappa shape index (κ2) is 14.8. The lowest BCUT2D eigenvalue weighted by Gasteiger charge is -2.32. The summed E-state index contributed by atoms with van der Waals surface area (Å²) in [7, 11) is 0. The van der Waals surface area contributed by atoms with Gasteiger partial charge >= 0.3 is 0 Å². The molecule has 1 saturated carbocycles. The van der Waals surface area contributed by atoms with E-state index in [1.165, 1.54) is 93.1 Å². The number of fused-ring (bicyclic) bond motifs is 7. The van der Waals surface area contributed by atoms with Gasteiger partial charge in [0, 0.05) is 33.0 Å². The Hall–Kier alpha value is -7.16. The third-order valence-corrected chi connectivity index (χ3v) is 14.2. The van der Waals surface area contributed by atoms with Gasteiger partial charge in [-0.3, -0.25) is 0 Å². The SMILES string of the molecule is CC1(c2ccccc2)c2ccccc2-c2c(N(c3ccc(-c4ccc5c(c4)oc4ccccc45)cc3)c3ccccc3-c3cccc4cccc(C5CCCCC5)c34)cccc21. The first-order valence-corrected chi connectivity index (χ1v) is 22.4. The van der Waals surface area contributed by atoms with E-state index < -0.39 is 0 Å². The average molecular weight is 798 g/mol. The van der Waals surface area contributed by atoms with Crippen molar-refractivity contribution in [2.24, 2.45) is 0 Å². The number of anilines is 3. The fourth-order valence-electron chi connectivity index (χ4n) is 11.2. The summed E-state index contributed by atoms with van der Waals surface area (Å²) in [4.78, 5) is 2.54. The van der Waals surface area contributed by atoms with Crippen LogP contribution in [0.4, 0.5) is 17.1 Å². The summed E-state index contributed by atoms with van der Waals surface area (Å²) in [6, 6.07) is 74.2. The number of hydrogen-bond acceptors (Lipinski definition) is 2. The zero-order chi connectivity index (χ0) is 41.2. The summed E-state index contributed by atoms with van der Waals surface area (Å²) in [5.41, 5.74) is 17.8. The minimum Gasteiger partial charge on any atom is -0.456 e. The lowest BCUT2D eigenvalue weighted by molar-refractivity contribution is 0.445. The van der Waals surface area contributed by atoms with Gasteiger partial charge in [0.15, 0.2) is 0 Å². The lowest BCUT2D eigenvalue weighted by atomic mass is 9.74. The molecule has 0 spiro atoms. The van der Waals surface area contributed by atoms with E-state index in [4.69, 9.17) is 4.42 Å².